The van der Waals surface area contributed by atoms with Crippen molar-refractivity contribution < 1.29 is 18.5 Å². The van der Waals surface area contributed by atoms with E-state index < -0.39 is 39.1 Å². The van der Waals surface area contributed by atoms with Gasteiger partial charge in [0, 0.05) is 6.20 Å². The minimum Gasteiger partial charge on any atom is -0.275 e. The minimum atomic E-state index is -3.25. The van der Waals surface area contributed by atoms with Gasteiger partial charge in [-0.15, -0.1) is 0 Å². The van der Waals surface area contributed by atoms with Gasteiger partial charge in [0.25, 0.3) is 11.7 Å². The van der Waals surface area contributed by atoms with E-state index in [9.17, 15) is 23.7 Å². The Morgan fingerprint density at radius 3 is 2.59 bits per heavy atom. The van der Waals surface area contributed by atoms with Gasteiger partial charge < -0.3 is 0 Å². The van der Waals surface area contributed by atoms with Crippen LogP contribution >= 0.6 is 11.6 Å². The Kier molecular flexibility index (Phi) is 3.65. The molecule has 1 rings (SSSR count). The number of hydrogen-bond acceptors (Lipinski definition) is 5. The van der Waals surface area contributed by atoms with Crippen LogP contribution in [-0.2, 0) is 0 Å². The van der Waals surface area contributed by atoms with Crippen molar-refractivity contribution in [1.82, 2.24) is 4.98 Å². The molecule has 88 valence electrons. The third kappa shape index (κ3) is 2.34. The fourth-order valence-corrected chi connectivity index (χ4v) is 1.33. The van der Waals surface area contributed by atoms with Crippen molar-refractivity contribution in [1.29, 1.82) is 5.26 Å². The number of carbonyl (C=O) groups is 1. The van der Waals surface area contributed by atoms with E-state index in [0.29, 0.717) is 6.20 Å². The lowest BCUT2D eigenvalue weighted by Crippen LogP contribution is -2.08. The highest BCUT2D eigenvalue weighted by molar-refractivity contribution is 6.68. The second-order valence-electron chi connectivity index (χ2n) is 2.72. The van der Waals surface area contributed by atoms with Gasteiger partial charge in [-0.25, -0.2) is 13.8 Å². The molecule has 0 N–H and O–H groups in total. The van der Waals surface area contributed by atoms with E-state index in [1.165, 1.54) is 6.07 Å². The normalized spacial score (nSPS) is 10.1. The van der Waals surface area contributed by atoms with E-state index in [-0.39, 0.29) is 0 Å². The summed E-state index contributed by atoms with van der Waals surface area (Å²) in [6, 6.07) is 1.42. The van der Waals surface area contributed by atoms with Crippen LogP contribution in [0.15, 0.2) is 6.20 Å². The molecule has 0 bridgehead atoms. The maximum Gasteiger partial charge on any atom is 0.310 e. The van der Waals surface area contributed by atoms with E-state index in [1.54, 1.807) is 0 Å². The lowest BCUT2D eigenvalue weighted by molar-refractivity contribution is -0.386. The Morgan fingerprint density at radius 1 is 1.65 bits per heavy atom. The number of carbonyl (C=O) groups excluding carboxylic acids is 1. The maximum atomic E-state index is 12.5. The number of rotatable bonds is 3. The monoisotopic (exact) mass is 261 g/mol. The summed E-state index contributed by atoms with van der Waals surface area (Å²) < 4.78 is 24.9. The number of nitro groups is 1. The third-order valence-corrected chi connectivity index (χ3v) is 1.98. The van der Waals surface area contributed by atoms with E-state index in [2.05, 4.69) is 4.98 Å². The van der Waals surface area contributed by atoms with Gasteiger partial charge in [-0.3, -0.25) is 14.9 Å². The zero-order valence-corrected chi connectivity index (χ0v) is 8.61. The van der Waals surface area contributed by atoms with Crippen molar-refractivity contribution in [3.05, 3.63) is 33.1 Å². The van der Waals surface area contributed by atoms with Crippen LogP contribution in [0.4, 0.5) is 14.5 Å². The average Bonchev–Trinajstić information content (AvgIpc) is 2.26. The lowest BCUT2D eigenvalue weighted by atomic mass is 10.1. The van der Waals surface area contributed by atoms with Crippen molar-refractivity contribution in [2.45, 2.75) is 6.43 Å². The van der Waals surface area contributed by atoms with Gasteiger partial charge in [0.1, 0.15) is 11.6 Å². The van der Waals surface area contributed by atoms with Gasteiger partial charge in [0.05, 0.1) is 10.5 Å². The summed E-state index contributed by atoms with van der Waals surface area (Å²) >= 11 is 5.05. The number of nitrogens with zero attached hydrogens (tertiary/aromatic N) is 3. The van der Waals surface area contributed by atoms with Crippen LogP contribution in [-0.4, -0.2) is 15.1 Å². The van der Waals surface area contributed by atoms with Crippen LogP contribution in [0.3, 0.4) is 0 Å². The molecule has 1 aromatic rings. The van der Waals surface area contributed by atoms with Crippen molar-refractivity contribution in [2.75, 3.05) is 0 Å². The molecule has 0 radical (unpaired) electrons. The smallest absolute Gasteiger partial charge is 0.275 e. The number of pyridine rings is 1. The van der Waals surface area contributed by atoms with Gasteiger partial charge in [-0.2, -0.15) is 5.26 Å². The Bertz CT molecular complexity index is 542. The molecular weight excluding hydrogens is 260 g/mol. The van der Waals surface area contributed by atoms with Crippen molar-refractivity contribution in [3.63, 3.8) is 0 Å². The molecule has 0 aromatic carbocycles. The van der Waals surface area contributed by atoms with E-state index in [0.717, 1.165) is 0 Å². The molecule has 0 aliphatic rings. The molecule has 1 aromatic heterocycles. The SMILES string of the molecule is N#Cc1cnc(C(F)F)c([N+](=O)[O-])c1C(=O)Cl. The summed E-state index contributed by atoms with van der Waals surface area (Å²) in [6.45, 7) is 0. The second kappa shape index (κ2) is 4.80. The highest BCUT2D eigenvalue weighted by Gasteiger charge is 2.32. The molecule has 17 heavy (non-hydrogen) atoms. The number of halogens is 3. The lowest BCUT2D eigenvalue weighted by Gasteiger charge is -2.04. The highest BCUT2D eigenvalue weighted by Crippen LogP contribution is 2.32. The molecule has 0 saturated heterocycles. The number of hydrogen-bond donors (Lipinski definition) is 0. The number of nitriles is 1. The van der Waals surface area contributed by atoms with Crippen molar-refractivity contribution in [3.8, 4) is 6.07 Å². The first-order chi connectivity index (χ1) is 7.90. The molecule has 0 spiro atoms. The van der Waals surface area contributed by atoms with E-state index in [1.807, 2.05) is 0 Å². The van der Waals surface area contributed by atoms with Gasteiger partial charge in [0.2, 0.25) is 0 Å². The molecule has 0 saturated carbocycles. The fraction of sp³-hybridized carbons (Fsp3) is 0.125. The average molecular weight is 262 g/mol. The van der Waals surface area contributed by atoms with Gasteiger partial charge in [0.15, 0.2) is 5.69 Å². The molecule has 0 unspecified atom stereocenters. The first-order valence-corrected chi connectivity index (χ1v) is 4.33. The van der Waals surface area contributed by atoms with Crippen LogP contribution in [0.1, 0.15) is 28.0 Å². The fourth-order valence-electron chi connectivity index (χ4n) is 1.14. The molecule has 0 aliphatic heterocycles. The topological polar surface area (TPSA) is 96.9 Å². The van der Waals surface area contributed by atoms with Gasteiger partial charge >= 0.3 is 5.69 Å². The van der Waals surface area contributed by atoms with E-state index in [4.69, 9.17) is 16.9 Å². The zero-order chi connectivity index (χ0) is 13.2. The Balaban J connectivity index is 3.73. The molecule has 0 amide bonds. The summed E-state index contributed by atoms with van der Waals surface area (Å²) in [6.07, 6.45) is -2.61. The first kappa shape index (κ1) is 12.9. The summed E-state index contributed by atoms with van der Waals surface area (Å²) in [4.78, 5) is 23.5. The molecule has 0 fully saturated rings. The Morgan fingerprint density at radius 2 is 2.24 bits per heavy atom. The summed E-state index contributed by atoms with van der Waals surface area (Å²) in [5.41, 5.74) is -3.83. The second-order valence-corrected chi connectivity index (χ2v) is 3.07. The molecule has 6 nitrogen and oxygen atoms in total. The first-order valence-electron chi connectivity index (χ1n) is 3.95. The third-order valence-electron chi connectivity index (χ3n) is 1.79. The van der Waals surface area contributed by atoms with Crippen LogP contribution < -0.4 is 0 Å². The largest absolute Gasteiger partial charge is 0.310 e. The summed E-state index contributed by atoms with van der Waals surface area (Å²) in [5.74, 6) is 0. The van der Waals surface area contributed by atoms with E-state index >= 15 is 0 Å². The number of aromatic nitrogens is 1. The number of alkyl halides is 2. The van der Waals surface area contributed by atoms with Crippen LogP contribution in [0.5, 0.6) is 0 Å². The molecule has 0 aliphatic carbocycles. The molecule has 1 heterocycles. The van der Waals surface area contributed by atoms with Crippen LogP contribution in [0.2, 0.25) is 0 Å². The molecule has 9 heteroatoms. The zero-order valence-electron chi connectivity index (χ0n) is 7.85. The Hall–Kier alpha value is -2.14. The maximum absolute atomic E-state index is 12.5. The van der Waals surface area contributed by atoms with Gasteiger partial charge in [-0.1, -0.05) is 0 Å². The van der Waals surface area contributed by atoms with Crippen molar-refractivity contribution in [2.24, 2.45) is 0 Å². The molecule has 0 atom stereocenters. The van der Waals surface area contributed by atoms with Gasteiger partial charge in [-0.05, 0) is 11.6 Å². The summed E-state index contributed by atoms with van der Waals surface area (Å²) in [5, 5.41) is 17.9. The predicted octanol–water partition coefficient (Wildman–Crippen LogP) is 2.18. The quantitative estimate of drug-likeness (QED) is 0.472. The standard InChI is InChI=1S/C8H2ClF2N3O3/c9-7(15)4-3(1-12)2-13-5(8(10)11)6(4)14(16)17/h2,8H. The predicted molar refractivity (Wildman–Crippen MR) is 50.7 cm³/mol. The van der Waals surface area contributed by atoms with Crippen LogP contribution in [0.25, 0.3) is 0 Å². The minimum absolute atomic E-state index is 0.527. The highest BCUT2D eigenvalue weighted by atomic mass is 35.5. The summed E-state index contributed by atoms with van der Waals surface area (Å²) in [7, 11) is 0. The Labute approximate surface area is 97.6 Å². The molecular formula is C8H2ClF2N3O3. The van der Waals surface area contributed by atoms with Crippen molar-refractivity contribution >= 4 is 22.5 Å². The van der Waals surface area contributed by atoms with Crippen LogP contribution in [0, 0.1) is 21.4 Å².